The van der Waals surface area contributed by atoms with E-state index in [1.165, 1.54) is 0 Å². The van der Waals surface area contributed by atoms with Gasteiger partial charge in [-0.2, -0.15) is 0 Å². The summed E-state index contributed by atoms with van der Waals surface area (Å²) >= 11 is 0. The zero-order chi connectivity index (χ0) is 9.78. The van der Waals surface area contributed by atoms with E-state index in [1.54, 1.807) is 13.8 Å². The molecule has 0 amide bonds. The molecule has 0 N–H and O–H groups in total. The molecule has 0 heterocycles. The predicted octanol–water partition coefficient (Wildman–Crippen LogP) is 4.02. The molecule has 0 aromatic heterocycles. The van der Waals surface area contributed by atoms with Gasteiger partial charge in [0.05, 0.1) is 0 Å². The second kappa shape index (κ2) is 4.58. The average Bonchev–Trinajstić information content (AvgIpc) is 1.85. The zero-order valence-corrected chi connectivity index (χ0v) is 8.32. The first-order valence-corrected chi connectivity index (χ1v) is 4.37. The highest BCUT2D eigenvalue weighted by Crippen LogP contribution is 2.29. The first kappa shape index (κ1) is 11.6. The molecule has 0 aromatic rings. The van der Waals surface area contributed by atoms with E-state index in [0.29, 0.717) is 6.42 Å². The summed E-state index contributed by atoms with van der Waals surface area (Å²) in [4.78, 5) is 0. The van der Waals surface area contributed by atoms with Gasteiger partial charge < -0.3 is 0 Å². The second-order valence-corrected chi connectivity index (χ2v) is 3.74. The number of hydrogen-bond acceptors (Lipinski definition) is 0. The van der Waals surface area contributed by atoms with Crippen molar-refractivity contribution in [1.82, 2.24) is 0 Å². The molecular weight excluding hydrogens is 158 g/mol. The van der Waals surface area contributed by atoms with Gasteiger partial charge >= 0.3 is 0 Å². The number of halogens is 2. The number of allylic oxidation sites excluding steroid dienone is 2. The molecular formula is C10H18F2. The normalized spacial score (nSPS) is 11.9. The molecule has 0 rings (SSSR count). The van der Waals surface area contributed by atoms with Gasteiger partial charge in [-0.1, -0.05) is 25.5 Å². The quantitative estimate of drug-likeness (QED) is 0.567. The van der Waals surface area contributed by atoms with Crippen LogP contribution in [0.15, 0.2) is 11.6 Å². The van der Waals surface area contributed by atoms with Gasteiger partial charge in [-0.05, 0) is 20.3 Å². The van der Waals surface area contributed by atoms with Crippen molar-refractivity contribution in [3.8, 4) is 0 Å². The summed E-state index contributed by atoms with van der Waals surface area (Å²) < 4.78 is 25.9. The highest BCUT2D eigenvalue weighted by atomic mass is 19.3. The molecule has 0 aliphatic carbocycles. The van der Waals surface area contributed by atoms with Gasteiger partial charge in [-0.15, -0.1) is 0 Å². The van der Waals surface area contributed by atoms with Crippen LogP contribution in [0.2, 0.25) is 0 Å². The molecule has 0 unspecified atom stereocenters. The molecule has 0 saturated heterocycles. The van der Waals surface area contributed by atoms with E-state index in [-0.39, 0.29) is 6.42 Å². The van der Waals surface area contributed by atoms with E-state index in [1.807, 2.05) is 19.9 Å². The summed E-state index contributed by atoms with van der Waals surface area (Å²) in [5.74, 6) is -3.06. The Bertz CT molecular complexity index is 153. The Kier molecular flexibility index (Phi) is 4.43. The topological polar surface area (TPSA) is 0 Å². The van der Waals surface area contributed by atoms with E-state index in [0.717, 1.165) is 5.57 Å². The molecule has 0 bridgehead atoms. The maximum atomic E-state index is 13.0. The Morgan fingerprint density at radius 3 is 2.17 bits per heavy atom. The van der Waals surface area contributed by atoms with Crippen molar-refractivity contribution < 1.29 is 8.78 Å². The zero-order valence-electron chi connectivity index (χ0n) is 8.32. The van der Waals surface area contributed by atoms with Crippen LogP contribution in [-0.4, -0.2) is 5.92 Å². The lowest BCUT2D eigenvalue weighted by atomic mass is 10.0. The van der Waals surface area contributed by atoms with Crippen LogP contribution in [0.1, 0.15) is 40.5 Å². The molecule has 0 radical (unpaired) electrons. The van der Waals surface area contributed by atoms with E-state index in [2.05, 4.69) is 0 Å². The predicted molar refractivity (Wildman–Crippen MR) is 48.5 cm³/mol. The van der Waals surface area contributed by atoms with Crippen molar-refractivity contribution in [3.63, 3.8) is 0 Å². The SMILES string of the molecule is CC(C)=CCCC(F)(F)C(C)C. The summed E-state index contributed by atoms with van der Waals surface area (Å²) in [6, 6.07) is 0. The fourth-order valence-electron chi connectivity index (χ4n) is 0.842. The Hall–Kier alpha value is -0.400. The first-order chi connectivity index (χ1) is 5.36. The fourth-order valence-corrected chi connectivity index (χ4v) is 0.842. The van der Waals surface area contributed by atoms with Gasteiger partial charge in [-0.25, -0.2) is 8.78 Å². The minimum atomic E-state index is -2.51. The van der Waals surface area contributed by atoms with Crippen molar-refractivity contribution in [1.29, 1.82) is 0 Å². The van der Waals surface area contributed by atoms with Crippen LogP contribution in [0.4, 0.5) is 8.78 Å². The van der Waals surface area contributed by atoms with Crippen molar-refractivity contribution in [2.24, 2.45) is 5.92 Å². The lowest BCUT2D eigenvalue weighted by Crippen LogP contribution is -2.23. The second-order valence-electron chi connectivity index (χ2n) is 3.74. The van der Waals surface area contributed by atoms with Crippen LogP contribution in [-0.2, 0) is 0 Å². The van der Waals surface area contributed by atoms with E-state index >= 15 is 0 Å². The van der Waals surface area contributed by atoms with Gasteiger partial charge in [-0.3, -0.25) is 0 Å². The van der Waals surface area contributed by atoms with Crippen LogP contribution in [0.25, 0.3) is 0 Å². The fraction of sp³-hybridized carbons (Fsp3) is 0.800. The van der Waals surface area contributed by atoms with E-state index < -0.39 is 11.8 Å². The molecule has 2 heteroatoms. The van der Waals surface area contributed by atoms with Gasteiger partial charge in [0.25, 0.3) is 5.92 Å². The highest BCUT2D eigenvalue weighted by molar-refractivity contribution is 4.93. The molecule has 72 valence electrons. The molecule has 0 saturated carbocycles. The molecule has 12 heavy (non-hydrogen) atoms. The van der Waals surface area contributed by atoms with Gasteiger partial charge in [0.15, 0.2) is 0 Å². The first-order valence-electron chi connectivity index (χ1n) is 4.37. The van der Waals surface area contributed by atoms with Crippen LogP contribution >= 0.6 is 0 Å². The van der Waals surface area contributed by atoms with Crippen molar-refractivity contribution in [2.75, 3.05) is 0 Å². The molecule has 0 fully saturated rings. The van der Waals surface area contributed by atoms with Gasteiger partial charge in [0, 0.05) is 12.3 Å². The largest absolute Gasteiger partial charge is 0.250 e. The lowest BCUT2D eigenvalue weighted by Gasteiger charge is -2.19. The lowest BCUT2D eigenvalue weighted by molar-refractivity contribution is -0.0512. The third-order valence-electron chi connectivity index (χ3n) is 1.87. The summed E-state index contributed by atoms with van der Waals surface area (Å²) in [6.45, 7) is 6.96. The van der Waals surface area contributed by atoms with Crippen molar-refractivity contribution in [3.05, 3.63) is 11.6 Å². The maximum absolute atomic E-state index is 13.0. The van der Waals surface area contributed by atoms with Crippen molar-refractivity contribution in [2.45, 2.75) is 46.5 Å². The Morgan fingerprint density at radius 1 is 1.33 bits per heavy atom. The Morgan fingerprint density at radius 2 is 1.83 bits per heavy atom. The molecule has 0 nitrogen and oxygen atoms in total. The van der Waals surface area contributed by atoms with Crippen LogP contribution in [0.3, 0.4) is 0 Å². The number of alkyl halides is 2. The monoisotopic (exact) mass is 176 g/mol. The minimum absolute atomic E-state index is 0.0319. The van der Waals surface area contributed by atoms with Crippen molar-refractivity contribution >= 4 is 0 Å². The Balaban J connectivity index is 3.84. The average molecular weight is 176 g/mol. The van der Waals surface area contributed by atoms with Gasteiger partial charge in [0.2, 0.25) is 0 Å². The van der Waals surface area contributed by atoms with E-state index in [9.17, 15) is 8.78 Å². The van der Waals surface area contributed by atoms with Crippen LogP contribution in [0.5, 0.6) is 0 Å². The Labute approximate surface area is 73.7 Å². The highest BCUT2D eigenvalue weighted by Gasteiger charge is 2.31. The summed E-state index contributed by atoms with van der Waals surface area (Å²) in [5, 5.41) is 0. The molecule has 0 aromatic carbocycles. The number of hydrogen-bond donors (Lipinski definition) is 0. The minimum Gasteiger partial charge on any atom is -0.207 e. The third kappa shape index (κ3) is 4.47. The summed E-state index contributed by atoms with van der Waals surface area (Å²) in [7, 11) is 0. The van der Waals surface area contributed by atoms with Crippen LogP contribution in [0, 0.1) is 5.92 Å². The van der Waals surface area contributed by atoms with Gasteiger partial charge in [0.1, 0.15) is 0 Å². The summed E-state index contributed by atoms with van der Waals surface area (Å²) in [5.41, 5.74) is 1.11. The third-order valence-corrected chi connectivity index (χ3v) is 1.87. The standard InChI is InChI=1S/C10H18F2/c1-8(2)6-5-7-10(11,12)9(3)4/h6,9H,5,7H2,1-4H3. The molecule has 0 aliphatic heterocycles. The van der Waals surface area contributed by atoms with Crippen LogP contribution < -0.4 is 0 Å². The smallest absolute Gasteiger partial charge is 0.207 e. The molecule has 0 atom stereocenters. The van der Waals surface area contributed by atoms with E-state index in [4.69, 9.17) is 0 Å². The maximum Gasteiger partial charge on any atom is 0.250 e. The molecule has 0 spiro atoms. The molecule has 0 aliphatic rings. The summed E-state index contributed by atoms with van der Waals surface area (Å²) in [6.07, 6.45) is 2.31. The number of rotatable bonds is 4.